The van der Waals surface area contributed by atoms with E-state index in [1.54, 1.807) is 21.0 Å². The molecule has 15 heavy (non-hydrogen) atoms. The lowest BCUT2D eigenvalue weighted by molar-refractivity contribution is -0.136. The van der Waals surface area contributed by atoms with Gasteiger partial charge in [-0.1, -0.05) is 6.92 Å². The second-order valence-corrected chi connectivity index (χ2v) is 5.37. The van der Waals surface area contributed by atoms with Gasteiger partial charge in [-0.3, -0.25) is 13.8 Å². The standard InChI is InChI=1S/C9H17NO4S/c1-5-7(9(12)13)15(14)6(2)8(11)10(3)4/h6-7H,5H2,1-4H3,(H,12,13). The second kappa shape index (κ2) is 5.85. The summed E-state index contributed by atoms with van der Waals surface area (Å²) in [5, 5.41) is 7.05. The summed E-state index contributed by atoms with van der Waals surface area (Å²) in [5.74, 6) is -1.43. The van der Waals surface area contributed by atoms with Gasteiger partial charge in [-0.15, -0.1) is 0 Å². The molecule has 3 unspecified atom stereocenters. The van der Waals surface area contributed by atoms with Crippen molar-refractivity contribution in [3.05, 3.63) is 0 Å². The number of aliphatic carboxylic acids is 1. The molecule has 0 aliphatic rings. The summed E-state index contributed by atoms with van der Waals surface area (Å²) in [4.78, 5) is 23.5. The minimum Gasteiger partial charge on any atom is -0.480 e. The van der Waals surface area contributed by atoms with Crippen molar-refractivity contribution in [3.8, 4) is 0 Å². The zero-order valence-electron chi connectivity index (χ0n) is 9.39. The first kappa shape index (κ1) is 14.1. The van der Waals surface area contributed by atoms with Gasteiger partial charge in [-0.05, 0) is 13.3 Å². The van der Waals surface area contributed by atoms with Gasteiger partial charge in [0.1, 0.15) is 10.5 Å². The molecule has 3 atom stereocenters. The van der Waals surface area contributed by atoms with E-state index in [1.165, 1.54) is 11.8 Å². The highest BCUT2D eigenvalue weighted by molar-refractivity contribution is 7.87. The SMILES string of the molecule is CCC(C(=O)O)S(=O)C(C)C(=O)N(C)C. The van der Waals surface area contributed by atoms with Crippen LogP contribution in [-0.4, -0.2) is 50.7 Å². The van der Waals surface area contributed by atoms with Crippen molar-refractivity contribution >= 4 is 22.7 Å². The molecule has 0 spiro atoms. The number of hydrogen-bond acceptors (Lipinski definition) is 3. The van der Waals surface area contributed by atoms with Crippen molar-refractivity contribution in [3.63, 3.8) is 0 Å². The van der Waals surface area contributed by atoms with Gasteiger partial charge in [-0.25, -0.2) is 0 Å². The Hall–Kier alpha value is -0.910. The van der Waals surface area contributed by atoms with E-state index in [4.69, 9.17) is 5.11 Å². The highest BCUT2D eigenvalue weighted by atomic mass is 32.2. The van der Waals surface area contributed by atoms with Crippen LogP contribution in [0.1, 0.15) is 20.3 Å². The van der Waals surface area contributed by atoms with Crippen LogP contribution in [0.25, 0.3) is 0 Å². The van der Waals surface area contributed by atoms with E-state index in [2.05, 4.69) is 0 Å². The number of nitrogens with zero attached hydrogens (tertiary/aromatic N) is 1. The van der Waals surface area contributed by atoms with Crippen LogP contribution in [-0.2, 0) is 20.4 Å². The lowest BCUT2D eigenvalue weighted by Crippen LogP contribution is -2.40. The number of hydrogen-bond donors (Lipinski definition) is 1. The Morgan fingerprint density at radius 2 is 1.87 bits per heavy atom. The van der Waals surface area contributed by atoms with Crippen LogP contribution in [0, 0.1) is 0 Å². The van der Waals surface area contributed by atoms with Crippen LogP contribution in [0.5, 0.6) is 0 Å². The molecular formula is C9H17NO4S. The van der Waals surface area contributed by atoms with E-state index in [0.29, 0.717) is 0 Å². The Morgan fingerprint density at radius 3 is 2.13 bits per heavy atom. The minimum absolute atomic E-state index is 0.257. The average Bonchev–Trinajstić information content (AvgIpc) is 2.15. The summed E-state index contributed by atoms with van der Waals surface area (Å²) < 4.78 is 11.7. The van der Waals surface area contributed by atoms with E-state index in [1.807, 2.05) is 0 Å². The van der Waals surface area contributed by atoms with Crippen LogP contribution >= 0.6 is 0 Å². The quantitative estimate of drug-likeness (QED) is 0.732. The summed E-state index contributed by atoms with van der Waals surface area (Å²) in [7, 11) is 1.43. The third-order valence-electron chi connectivity index (χ3n) is 2.06. The fourth-order valence-corrected chi connectivity index (χ4v) is 2.58. The molecule has 0 radical (unpaired) electrons. The largest absolute Gasteiger partial charge is 0.480 e. The molecular weight excluding hydrogens is 218 g/mol. The molecule has 0 aromatic heterocycles. The molecule has 1 N–H and O–H groups in total. The van der Waals surface area contributed by atoms with Crippen LogP contribution in [0.3, 0.4) is 0 Å². The first-order valence-corrected chi connectivity index (χ1v) is 5.93. The van der Waals surface area contributed by atoms with Crippen molar-refractivity contribution in [2.45, 2.75) is 30.8 Å². The maximum absolute atomic E-state index is 11.7. The molecule has 0 fully saturated rings. The predicted molar refractivity (Wildman–Crippen MR) is 58.0 cm³/mol. The third-order valence-corrected chi connectivity index (χ3v) is 4.06. The summed E-state index contributed by atoms with van der Waals surface area (Å²) in [6, 6.07) is 0. The van der Waals surface area contributed by atoms with E-state index in [-0.39, 0.29) is 12.3 Å². The summed E-state index contributed by atoms with van der Waals surface area (Å²) in [5.41, 5.74) is 0. The molecule has 5 nitrogen and oxygen atoms in total. The summed E-state index contributed by atoms with van der Waals surface area (Å²) in [6.07, 6.45) is 0.257. The minimum atomic E-state index is -1.67. The molecule has 0 aliphatic carbocycles. The van der Waals surface area contributed by atoms with Crippen molar-refractivity contribution < 1.29 is 18.9 Å². The predicted octanol–water partition coefficient (Wildman–Crippen LogP) is 0.0750. The molecule has 6 heteroatoms. The third kappa shape index (κ3) is 3.62. The lowest BCUT2D eigenvalue weighted by atomic mass is 10.3. The molecule has 0 rings (SSSR count). The molecule has 0 bridgehead atoms. The van der Waals surface area contributed by atoms with E-state index in [0.717, 1.165) is 0 Å². The topological polar surface area (TPSA) is 74.7 Å². The molecule has 88 valence electrons. The van der Waals surface area contributed by atoms with E-state index >= 15 is 0 Å². The normalized spacial score (nSPS) is 16.5. The van der Waals surface area contributed by atoms with Crippen LogP contribution < -0.4 is 0 Å². The van der Waals surface area contributed by atoms with E-state index in [9.17, 15) is 13.8 Å². The molecule has 0 aromatic carbocycles. The number of amides is 1. The lowest BCUT2D eigenvalue weighted by Gasteiger charge is -2.19. The van der Waals surface area contributed by atoms with Crippen LogP contribution in [0.2, 0.25) is 0 Å². The van der Waals surface area contributed by atoms with Gasteiger partial charge in [0.2, 0.25) is 5.91 Å². The first-order valence-electron chi connectivity index (χ1n) is 4.66. The Kier molecular flexibility index (Phi) is 5.49. The molecule has 0 heterocycles. The van der Waals surface area contributed by atoms with Crippen molar-refractivity contribution in [1.29, 1.82) is 0 Å². The van der Waals surface area contributed by atoms with Crippen LogP contribution in [0.4, 0.5) is 0 Å². The molecule has 1 amide bonds. The Labute approximate surface area is 91.9 Å². The monoisotopic (exact) mass is 235 g/mol. The van der Waals surface area contributed by atoms with Gasteiger partial charge in [0.05, 0.1) is 0 Å². The van der Waals surface area contributed by atoms with Crippen molar-refractivity contribution in [2.75, 3.05) is 14.1 Å². The number of carboxylic acids is 1. The zero-order chi connectivity index (χ0) is 12.2. The van der Waals surface area contributed by atoms with Gasteiger partial charge in [0, 0.05) is 24.9 Å². The maximum atomic E-state index is 11.7. The van der Waals surface area contributed by atoms with Crippen molar-refractivity contribution in [2.24, 2.45) is 0 Å². The van der Waals surface area contributed by atoms with E-state index < -0.39 is 27.3 Å². The Morgan fingerprint density at radius 1 is 1.40 bits per heavy atom. The summed E-state index contributed by atoms with van der Waals surface area (Å²) >= 11 is 0. The number of carbonyl (C=O) groups excluding carboxylic acids is 1. The highest BCUT2D eigenvalue weighted by Crippen LogP contribution is 2.10. The average molecular weight is 235 g/mol. The van der Waals surface area contributed by atoms with Gasteiger partial charge >= 0.3 is 5.97 Å². The Balaban J connectivity index is 4.69. The fraction of sp³-hybridized carbons (Fsp3) is 0.778. The summed E-state index contributed by atoms with van der Waals surface area (Å²) in [6.45, 7) is 3.13. The first-order chi connectivity index (χ1) is 6.82. The van der Waals surface area contributed by atoms with Gasteiger partial charge < -0.3 is 10.0 Å². The number of rotatable bonds is 5. The number of carbonyl (C=O) groups is 2. The molecule has 0 aromatic rings. The molecule has 0 saturated carbocycles. The van der Waals surface area contributed by atoms with Gasteiger partial charge in [0.15, 0.2) is 0 Å². The Bertz CT molecular complexity index is 277. The number of carboxylic acid groups (broad SMARTS) is 1. The zero-order valence-corrected chi connectivity index (χ0v) is 10.2. The van der Waals surface area contributed by atoms with Crippen molar-refractivity contribution in [1.82, 2.24) is 4.90 Å². The van der Waals surface area contributed by atoms with Gasteiger partial charge in [0.25, 0.3) is 0 Å². The fourth-order valence-electron chi connectivity index (χ4n) is 1.15. The molecule has 0 aliphatic heterocycles. The van der Waals surface area contributed by atoms with Gasteiger partial charge in [-0.2, -0.15) is 0 Å². The maximum Gasteiger partial charge on any atom is 0.319 e. The smallest absolute Gasteiger partial charge is 0.319 e. The molecule has 0 saturated heterocycles. The second-order valence-electron chi connectivity index (χ2n) is 3.44. The highest BCUT2D eigenvalue weighted by Gasteiger charge is 2.31. The van der Waals surface area contributed by atoms with Crippen LogP contribution in [0.15, 0.2) is 0 Å².